The number of nitrogens with zero attached hydrogens (tertiary/aromatic N) is 1. The lowest BCUT2D eigenvalue weighted by Crippen LogP contribution is -1.98. The van der Waals surface area contributed by atoms with Gasteiger partial charge in [-0.2, -0.15) is 5.26 Å². The molecule has 0 amide bonds. The Kier molecular flexibility index (Phi) is 5.33. The highest BCUT2D eigenvalue weighted by atomic mass is 16.5. The predicted molar refractivity (Wildman–Crippen MR) is 83.0 cm³/mol. The van der Waals surface area contributed by atoms with E-state index in [0.717, 1.165) is 5.56 Å². The van der Waals surface area contributed by atoms with Crippen molar-refractivity contribution in [3.8, 4) is 11.8 Å². The van der Waals surface area contributed by atoms with Gasteiger partial charge in [-0.1, -0.05) is 30.3 Å². The maximum Gasteiger partial charge on any atom is 0.330 e. The summed E-state index contributed by atoms with van der Waals surface area (Å²) in [6.45, 7) is 0.384. The Bertz CT molecular complexity index is 715. The zero-order valence-corrected chi connectivity index (χ0v) is 12.2. The molecule has 0 aliphatic rings. The summed E-state index contributed by atoms with van der Waals surface area (Å²) in [5.41, 5.74) is 2.23. The Morgan fingerprint density at radius 1 is 1.23 bits per heavy atom. The van der Waals surface area contributed by atoms with Crippen LogP contribution in [0.1, 0.15) is 16.7 Å². The van der Waals surface area contributed by atoms with Gasteiger partial charge in [0, 0.05) is 11.6 Å². The lowest BCUT2D eigenvalue weighted by Gasteiger charge is -2.10. The number of ether oxygens (including phenoxy) is 2. The van der Waals surface area contributed by atoms with E-state index in [0.29, 0.717) is 23.5 Å². The first kappa shape index (κ1) is 15.3. The minimum Gasteiger partial charge on any atom is -0.488 e. The zero-order valence-electron chi connectivity index (χ0n) is 12.2. The molecule has 0 N–H and O–H groups in total. The Hall–Kier alpha value is -3.06. The molecule has 0 fully saturated rings. The fraction of sp³-hybridized carbons (Fsp3) is 0.111. The molecule has 2 aromatic rings. The smallest absolute Gasteiger partial charge is 0.330 e. The molecule has 0 saturated heterocycles. The first-order valence-corrected chi connectivity index (χ1v) is 6.70. The molecule has 0 radical (unpaired) electrons. The second-order valence-corrected chi connectivity index (χ2v) is 4.50. The molecule has 0 aliphatic carbocycles. The second kappa shape index (κ2) is 7.65. The van der Waals surface area contributed by atoms with E-state index in [4.69, 9.17) is 10.00 Å². The van der Waals surface area contributed by atoms with Gasteiger partial charge >= 0.3 is 5.97 Å². The van der Waals surface area contributed by atoms with Crippen LogP contribution < -0.4 is 4.74 Å². The summed E-state index contributed by atoms with van der Waals surface area (Å²) in [5, 5.41) is 9.00. The van der Waals surface area contributed by atoms with Crippen molar-refractivity contribution in [2.75, 3.05) is 7.11 Å². The third-order valence-electron chi connectivity index (χ3n) is 2.98. The number of carbonyl (C=O) groups excluding carboxylic acids is 1. The van der Waals surface area contributed by atoms with E-state index in [9.17, 15) is 4.79 Å². The van der Waals surface area contributed by atoms with Crippen molar-refractivity contribution in [1.29, 1.82) is 5.26 Å². The van der Waals surface area contributed by atoms with Crippen LogP contribution in [-0.4, -0.2) is 13.1 Å². The molecular formula is C18H15NO3. The van der Waals surface area contributed by atoms with Crippen LogP contribution in [0.5, 0.6) is 5.75 Å². The summed E-state index contributed by atoms with van der Waals surface area (Å²) in [7, 11) is 1.32. The minimum atomic E-state index is -0.446. The van der Waals surface area contributed by atoms with Crippen LogP contribution in [0.3, 0.4) is 0 Å². The first-order valence-electron chi connectivity index (χ1n) is 6.70. The van der Waals surface area contributed by atoms with Crippen molar-refractivity contribution >= 4 is 12.0 Å². The van der Waals surface area contributed by atoms with Crippen LogP contribution in [0.2, 0.25) is 0 Å². The Labute approximate surface area is 129 Å². The normalized spacial score (nSPS) is 10.2. The molecule has 0 aromatic heterocycles. The van der Waals surface area contributed by atoms with E-state index < -0.39 is 5.97 Å². The fourth-order valence-electron chi connectivity index (χ4n) is 1.83. The molecule has 22 heavy (non-hydrogen) atoms. The Morgan fingerprint density at radius 3 is 2.68 bits per heavy atom. The highest BCUT2D eigenvalue weighted by molar-refractivity contribution is 5.87. The van der Waals surface area contributed by atoms with E-state index in [1.54, 1.807) is 24.3 Å². The number of carbonyl (C=O) groups is 1. The van der Waals surface area contributed by atoms with Gasteiger partial charge in [0.15, 0.2) is 0 Å². The Balaban J connectivity index is 2.21. The lowest BCUT2D eigenvalue weighted by molar-refractivity contribution is -0.134. The van der Waals surface area contributed by atoms with Gasteiger partial charge in [-0.05, 0) is 29.8 Å². The van der Waals surface area contributed by atoms with Gasteiger partial charge in [0.2, 0.25) is 0 Å². The molecule has 0 heterocycles. The van der Waals surface area contributed by atoms with Crippen molar-refractivity contribution in [3.05, 3.63) is 71.3 Å². The molecule has 110 valence electrons. The van der Waals surface area contributed by atoms with Crippen LogP contribution in [0.4, 0.5) is 0 Å². The van der Waals surface area contributed by atoms with Crippen molar-refractivity contribution in [2.45, 2.75) is 6.61 Å². The molecule has 0 aliphatic heterocycles. The molecule has 0 bridgehead atoms. The monoisotopic (exact) mass is 293 g/mol. The molecule has 0 saturated carbocycles. The van der Waals surface area contributed by atoms with E-state index in [1.165, 1.54) is 13.2 Å². The Morgan fingerprint density at radius 2 is 2.00 bits per heavy atom. The molecule has 4 heteroatoms. The molecule has 2 rings (SSSR count). The molecule has 0 unspecified atom stereocenters. The zero-order chi connectivity index (χ0) is 15.8. The maximum absolute atomic E-state index is 11.2. The van der Waals surface area contributed by atoms with Gasteiger partial charge in [-0.15, -0.1) is 0 Å². The molecule has 0 spiro atoms. The van der Waals surface area contributed by atoms with Gasteiger partial charge < -0.3 is 9.47 Å². The number of nitriles is 1. The third kappa shape index (κ3) is 4.22. The average molecular weight is 293 g/mol. The largest absolute Gasteiger partial charge is 0.488 e. The highest BCUT2D eigenvalue weighted by Gasteiger charge is 2.05. The standard InChI is InChI=1S/C18H15NO3/c1-21-18(20)10-9-16-8-7-15(12-19)11-17(16)22-13-14-5-3-2-4-6-14/h2-11H,13H2,1H3/b10-9+. The van der Waals surface area contributed by atoms with Crippen LogP contribution in [-0.2, 0) is 16.1 Å². The van der Waals surface area contributed by atoms with Crippen molar-refractivity contribution in [2.24, 2.45) is 0 Å². The van der Waals surface area contributed by atoms with Gasteiger partial charge in [-0.25, -0.2) is 4.79 Å². The molecule has 0 atom stereocenters. The lowest BCUT2D eigenvalue weighted by atomic mass is 10.1. The molecule has 4 nitrogen and oxygen atoms in total. The minimum absolute atomic E-state index is 0.384. The SMILES string of the molecule is COC(=O)/C=C/c1ccc(C#N)cc1OCc1ccccc1. The summed E-state index contributed by atoms with van der Waals surface area (Å²) >= 11 is 0. The number of benzene rings is 2. The second-order valence-electron chi connectivity index (χ2n) is 4.50. The van der Waals surface area contributed by atoms with Crippen molar-refractivity contribution in [3.63, 3.8) is 0 Å². The van der Waals surface area contributed by atoms with Crippen LogP contribution in [0.25, 0.3) is 6.08 Å². The number of hydrogen-bond acceptors (Lipinski definition) is 4. The van der Waals surface area contributed by atoms with Crippen molar-refractivity contribution < 1.29 is 14.3 Å². The van der Waals surface area contributed by atoms with Gasteiger partial charge in [-0.3, -0.25) is 0 Å². The van der Waals surface area contributed by atoms with Gasteiger partial charge in [0.05, 0.1) is 18.7 Å². The number of hydrogen-bond donors (Lipinski definition) is 0. The molecular weight excluding hydrogens is 278 g/mol. The highest BCUT2D eigenvalue weighted by Crippen LogP contribution is 2.23. The summed E-state index contributed by atoms with van der Waals surface area (Å²) in [5.74, 6) is 0.0985. The predicted octanol–water partition coefficient (Wildman–Crippen LogP) is 3.32. The summed E-state index contributed by atoms with van der Waals surface area (Å²) in [6.07, 6.45) is 2.92. The summed E-state index contributed by atoms with van der Waals surface area (Å²) in [6, 6.07) is 16.8. The number of esters is 1. The first-order chi connectivity index (χ1) is 10.7. The topological polar surface area (TPSA) is 59.3 Å². The fourth-order valence-corrected chi connectivity index (χ4v) is 1.83. The number of rotatable bonds is 5. The van der Waals surface area contributed by atoms with Gasteiger partial charge in [0.25, 0.3) is 0 Å². The summed E-state index contributed by atoms with van der Waals surface area (Å²) in [4.78, 5) is 11.2. The molecule has 2 aromatic carbocycles. The van der Waals surface area contributed by atoms with Crippen LogP contribution in [0, 0.1) is 11.3 Å². The van der Waals surface area contributed by atoms with E-state index >= 15 is 0 Å². The van der Waals surface area contributed by atoms with Crippen LogP contribution in [0.15, 0.2) is 54.6 Å². The van der Waals surface area contributed by atoms with E-state index in [1.807, 2.05) is 30.3 Å². The van der Waals surface area contributed by atoms with E-state index in [2.05, 4.69) is 10.8 Å². The van der Waals surface area contributed by atoms with E-state index in [-0.39, 0.29) is 0 Å². The van der Waals surface area contributed by atoms with Gasteiger partial charge in [0.1, 0.15) is 12.4 Å². The van der Waals surface area contributed by atoms with Crippen LogP contribution >= 0.6 is 0 Å². The number of methoxy groups -OCH3 is 1. The van der Waals surface area contributed by atoms with Crippen molar-refractivity contribution in [1.82, 2.24) is 0 Å². The quantitative estimate of drug-likeness (QED) is 0.626. The average Bonchev–Trinajstić information content (AvgIpc) is 2.58. The summed E-state index contributed by atoms with van der Waals surface area (Å²) < 4.78 is 10.3. The maximum atomic E-state index is 11.2. The third-order valence-corrected chi connectivity index (χ3v) is 2.98.